The standard InChI is InChI=1S/C14H12O3/c1-14(9-11(15)6-7-16-14)13-8-10-4-2-3-5-12(10)17-13/h2-8H,9H2,1H3. The third-order valence-corrected chi connectivity index (χ3v) is 3.04. The number of rotatable bonds is 1. The van der Waals surface area contributed by atoms with Gasteiger partial charge >= 0.3 is 0 Å². The number of hydrogen-bond acceptors (Lipinski definition) is 3. The Morgan fingerprint density at radius 3 is 2.88 bits per heavy atom. The predicted molar refractivity (Wildman–Crippen MR) is 63.4 cm³/mol. The van der Waals surface area contributed by atoms with Gasteiger partial charge in [-0.3, -0.25) is 4.79 Å². The van der Waals surface area contributed by atoms with Gasteiger partial charge in [-0.15, -0.1) is 0 Å². The summed E-state index contributed by atoms with van der Waals surface area (Å²) < 4.78 is 11.3. The molecule has 17 heavy (non-hydrogen) atoms. The van der Waals surface area contributed by atoms with E-state index in [1.165, 1.54) is 12.3 Å². The van der Waals surface area contributed by atoms with Crippen molar-refractivity contribution in [2.24, 2.45) is 0 Å². The van der Waals surface area contributed by atoms with E-state index in [0.29, 0.717) is 12.2 Å². The first-order chi connectivity index (χ1) is 8.17. The molecule has 1 atom stereocenters. The molecule has 0 spiro atoms. The smallest absolute Gasteiger partial charge is 0.170 e. The molecular formula is C14H12O3. The Balaban J connectivity index is 2.08. The number of furan rings is 1. The first-order valence-electron chi connectivity index (χ1n) is 5.54. The summed E-state index contributed by atoms with van der Waals surface area (Å²) in [5.41, 5.74) is 0.125. The van der Waals surface area contributed by atoms with Gasteiger partial charge in [-0.05, 0) is 19.1 Å². The van der Waals surface area contributed by atoms with Crippen molar-refractivity contribution in [2.75, 3.05) is 0 Å². The number of para-hydroxylation sites is 1. The van der Waals surface area contributed by atoms with Crippen LogP contribution in [-0.2, 0) is 15.1 Å². The monoisotopic (exact) mass is 228 g/mol. The molecule has 1 aliphatic rings. The maximum absolute atomic E-state index is 11.5. The zero-order valence-corrected chi connectivity index (χ0v) is 9.47. The van der Waals surface area contributed by atoms with Gasteiger partial charge in [0.05, 0.1) is 12.7 Å². The summed E-state index contributed by atoms with van der Waals surface area (Å²) in [6, 6.07) is 9.69. The van der Waals surface area contributed by atoms with E-state index in [-0.39, 0.29) is 5.78 Å². The van der Waals surface area contributed by atoms with Gasteiger partial charge in [0.1, 0.15) is 11.3 Å². The van der Waals surface area contributed by atoms with Gasteiger partial charge in [0.15, 0.2) is 11.4 Å². The summed E-state index contributed by atoms with van der Waals surface area (Å²) in [4.78, 5) is 11.5. The van der Waals surface area contributed by atoms with E-state index in [2.05, 4.69) is 0 Å². The maximum Gasteiger partial charge on any atom is 0.170 e. The van der Waals surface area contributed by atoms with Crippen LogP contribution in [0.4, 0.5) is 0 Å². The summed E-state index contributed by atoms with van der Waals surface area (Å²) in [6.45, 7) is 1.87. The molecule has 0 bridgehead atoms. The minimum Gasteiger partial charge on any atom is -0.487 e. The van der Waals surface area contributed by atoms with Gasteiger partial charge < -0.3 is 9.15 Å². The number of hydrogen-bond donors (Lipinski definition) is 0. The van der Waals surface area contributed by atoms with Crippen LogP contribution in [0.25, 0.3) is 11.0 Å². The number of ketones is 1. The minimum atomic E-state index is -0.690. The topological polar surface area (TPSA) is 39.4 Å². The minimum absolute atomic E-state index is 0.0548. The highest BCUT2D eigenvalue weighted by Gasteiger charge is 2.35. The molecular weight excluding hydrogens is 216 g/mol. The van der Waals surface area contributed by atoms with E-state index >= 15 is 0 Å². The summed E-state index contributed by atoms with van der Waals surface area (Å²) in [7, 11) is 0. The average molecular weight is 228 g/mol. The Morgan fingerprint density at radius 1 is 1.29 bits per heavy atom. The molecule has 0 N–H and O–H groups in total. The largest absolute Gasteiger partial charge is 0.487 e. The van der Waals surface area contributed by atoms with Crippen LogP contribution in [0.1, 0.15) is 19.1 Å². The quantitative estimate of drug-likeness (QED) is 0.752. The van der Waals surface area contributed by atoms with E-state index in [9.17, 15) is 4.79 Å². The number of fused-ring (bicyclic) bond motifs is 1. The lowest BCUT2D eigenvalue weighted by Crippen LogP contribution is -2.29. The summed E-state index contributed by atoms with van der Waals surface area (Å²) >= 11 is 0. The number of benzene rings is 1. The third kappa shape index (κ3) is 1.64. The highest BCUT2D eigenvalue weighted by atomic mass is 16.5. The first-order valence-corrected chi connectivity index (χ1v) is 5.54. The van der Waals surface area contributed by atoms with Gasteiger partial charge in [-0.2, -0.15) is 0 Å². The normalized spacial score (nSPS) is 23.9. The van der Waals surface area contributed by atoms with Gasteiger partial charge in [0, 0.05) is 11.5 Å². The third-order valence-electron chi connectivity index (χ3n) is 3.04. The summed E-state index contributed by atoms with van der Waals surface area (Å²) in [5.74, 6) is 0.746. The van der Waals surface area contributed by atoms with Crippen molar-refractivity contribution in [3.05, 3.63) is 48.4 Å². The lowest BCUT2D eigenvalue weighted by molar-refractivity contribution is -0.122. The number of ether oxygens (including phenoxy) is 1. The van der Waals surface area contributed by atoms with Crippen LogP contribution < -0.4 is 0 Å². The molecule has 0 aliphatic carbocycles. The highest BCUT2D eigenvalue weighted by Crippen LogP contribution is 2.35. The van der Waals surface area contributed by atoms with Crippen LogP contribution in [0.5, 0.6) is 0 Å². The van der Waals surface area contributed by atoms with Crippen LogP contribution in [0.2, 0.25) is 0 Å². The predicted octanol–water partition coefficient (Wildman–Crippen LogP) is 3.15. The maximum atomic E-state index is 11.5. The van der Waals surface area contributed by atoms with Gasteiger partial charge in [0.2, 0.25) is 0 Å². The Kier molecular flexibility index (Phi) is 2.08. The molecule has 0 amide bonds. The molecule has 86 valence electrons. The van der Waals surface area contributed by atoms with E-state index in [4.69, 9.17) is 9.15 Å². The Bertz CT molecular complexity index is 576. The second kappa shape index (κ2) is 3.48. The van der Waals surface area contributed by atoms with Gasteiger partial charge in [-0.25, -0.2) is 0 Å². The van der Waals surface area contributed by atoms with Gasteiger partial charge in [0.25, 0.3) is 0 Å². The van der Waals surface area contributed by atoms with Crippen LogP contribution in [0, 0.1) is 0 Å². The van der Waals surface area contributed by atoms with E-state index < -0.39 is 5.60 Å². The lowest BCUT2D eigenvalue weighted by atomic mass is 9.94. The van der Waals surface area contributed by atoms with E-state index in [1.807, 2.05) is 37.3 Å². The fraction of sp³-hybridized carbons (Fsp3) is 0.214. The second-order valence-corrected chi connectivity index (χ2v) is 4.44. The SMILES string of the molecule is CC1(c2cc3ccccc3o2)CC(=O)C=CO1. The van der Waals surface area contributed by atoms with Gasteiger partial charge in [-0.1, -0.05) is 18.2 Å². The highest BCUT2D eigenvalue weighted by molar-refractivity contribution is 5.91. The lowest BCUT2D eigenvalue weighted by Gasteiger charge is -2.28. The van der Waals surface area contributed by atoms with E-state index in [1.54, 1.807) is 0 Å². The summed E-state index contributed by atoms with van der Waals surface area (Å²) in [5, 5.41) is 1.02. The zero-order valence-electron chi connectivity index (χ0n) is 9.47. The Hall–Kier alpha value is -2.03. The van der Waals surface area contributed by atoms with Crippen LogP contribution in [0.15, 0.2) is 47.1 Å². The number of allylic oxidation sites excluding steroid dienone is 1. The Labute approximate surface area is 98.7 Å². The number of carbonyl (C=O) groups is 1. The van der Waals surface area contributed by atoms with Crippen molar-refractivity contribution in [1.29, 1.82) is 0 Å². The molecule has 0 saturated heterocycles. The van der Waals surface area contributed by atoms with Crippen molar-refractivity contribution in [2.45, 2.75) is 18.9 Å². The van der Waals surface area contributed by atoms with Crippen LogP contribution in [0.3, 0.4) is 0 Å². The molecule has 1 unspecified atom stereocenters. The number of carbonyl (C=O) groups excluding carboxylic acids is 1. The molecule has 0 fully saturated rings. The average Bonchev–Trinajstić information content (AvgIpc) is 2.73. The van der Waals surface area contributed by atoms with Crippen LogP contribution in [-0.4, -0.2) is 5.78 Å². The molecule has 0 saturated carbocycles. The van der Waals surface area contributed by atoms with E-state index in [0.717, 1.165) is 11.0 Å². The Morgan fingerprint density at radius 2 is 2.12 bits per heavy atom. The molecule has 3 heteroatoms. The molecule has 3 rings (SSSR count). The first kappa shape index (κ1) is 10.1. The zero-order chi connectivity index (χ0) is 11.9. The van der Waals surface area contributed by atoms with Crippen molar-refractivity contribution in [3.63, 3.8) is 0 Å². The van der Waals surface area contributed by atoms with Crippen molar-refractivity contribution < 1.29 is 13.9 Å². The molecule has 1 aromatic carbocycles. The van der Waals surface area contributed by atoms with Crippen molar-refractivity contribution in [3.8, 4) is 0 Å². The fourth-order valence-electron chi connectivity index (χ4n) is 2.08. The second-order valence-electron chi connectivity index (χ2n) is 4.44. The molecule has 0 radical (unpaired) electrons. The molecule has 1 aromatic heterocycles. The molecule has 3 nitrogen and oxygen atoms in total. The molecule has 2 aromatic rings. The van der Waals surface area contributed by atoms with Crippen molar-refractivity contribution in [1.82, 2.24) is 0 Å². The van der Waals surface area contributed by atoms with Crippen molar-refractivity contribution >= 4 is 16.8 Å². The van der Waals surface area contributed by atoms with Crippen LogP contribution >= 0.6 is 0 Å². The fourth-order valence-corrected chi connectivity index (χ4v) is 2.08. The molecule has 1 aliphatic heterocycles. The molecule has 2 heterocycles. The summed E-state index contributed by atoms with van der Waals surface area (Å²) in [6.07, 6.45) is 3.20.